The number of rotatable bonds is 4. The summed E-state index contributed by atoms with van der Waals surface area (Å²) >= 11 is 4.96. The smallest absolute Gasteiger partial charge is 0.250 e. The largest absolute Gasteiger partial charge is 0.389 e. The molecule has 1 aromatic heterocycles. The van der Waals surface area contributed by atoms with Crippen LogP contribution in [0.25, 0.3) is 0 Å². The van der Waals surface area contributed by atoms with Crippen molar-refractivity contribution in [1.29, 1.82) is 0 Å². The van der Waals surface area contributed by atoms with Gasteiger partial charge in [-0.1, -0.05) is 24.4 Å². The first-order valence-electron chi connectivity index (χ1n) is 5.88. The summed E-state index contributed by atoms with van der Waals surface area (Å²) in [6.45, 7) is 0. The first-order chi connectivity index (χ1) is 9.49. The number of anilines is 2. The number of aromatic nitrogens is 1. The van der Waals surface area contributed by atoms with E-state index in [9.17, 15) is 4.79 Å². The molecule has 0 atom stereocenters. The Labute approximate surface area is 122 Å². The highest BCUT2D eigenvalue weighted by atomic mass is 32.1. The first-order valence-corrected chi connectivity index (χ1v) is 6.29. The lowest BCUT2D eigenvalue weighted by atomic mass is 10.2. The van der Waals surface area contributed by atoms with Crippen LogP contribution in [0.1, 0.15) is 15.9 Å². The van der Waals surface area contributed by atoms with Gasteiger partial charge in [0, 0.05) is 24.5 Å². The van der Waals surface area contributed by atoms with Gasteiger partial charge in [0.15, 0.2) is 0 Å². The molecule has 4 N–H and O–H groups in total. The predicted octanol–water partition coefficient (Wildman–Crippen LogP) is 1.58. The maximum Gasteiger partial charge on any atom is 0.250 e. The summed E-state index contributed by atoms with van der Waals surface area (Å²) in [5.41, 5.74) is 12.9. The minimum absolute atomic E-state index is 0.345. The van der Waals surface area contributed by atoms with Crippen molar-refractivity contribution >= 4 is 34.6 Å². The number of nitrogens with two attached hydrogens (primary N) is 2. The molecule has 6 heteroatoms. The monoisotopic (exact) mass is 286 g/mol. The second kappa shape index (κ2) is 5.66. The van der Waals surface area contributed by atoms with Crippen LogP contribution in [0.2, 0.25) is 0 Å². The molecule has 1 amide bonds. The molecule has 0 aliphatic rings. The Hall–Kier alpha value is -2.47. The van der Waals surface area contributed by atoms with Gasteiger partial charge in [-0.2, -0.15) is 0 Å². The number of hydrogen-bond donors (Lipinski definition) is 2. The van der Waals surface area contributed by atoms with Crippen molar-refractivity contribution < 1.29 is 4.79 Å². The van der Waals surface area contributed by atoms with Gasteiger partial charge in [-0.15, -0.1) is 0 Å². The second-order valence-electron chi connectivity index (χ2n) is 4.24. The molecule has 2 aromatic rings. The lowest BCUT2D eigenvalue weighted by Crippen LogP contribution is -2.15. The molecule has 1 heterocycles. The summed E-state index contributed by atoms with van der Waals surface area (Å²) in [5.74, 6) is 0.192. The van der Waals surface area contributed by atoms with Crippen LogP contribution in [-0.2, 0) is 0 Å². The number of thiocarbonyl (C=S) groups is 1. The fraction of sp³-hybridized carbons (Fsp3) is 0.0714. The van der Waals surface area contributed by atoms with Crippen molar-refractivity contribution in [3.63, 3.8) is 0 Å². The van der Waals surface area contributed by atoms with Crippen molar-refractivity contribution in [2.75, 3.05) is 11.9 Å². The van der Waals surface area contributed by atoms with Crippen LogP contribution in [-0.4, -0.2) is 22.9 Å². The minimum atomic E-state index is -0.498. The van der Waals surface area contributed by atoms with Gasteiger partial charge in [-0.3, -0.25) is 4.79 Å². The summed E-state index contributed by atoms with van der Waals surface area (Å²) in [5, 5.41) is 0. The van der Waals surface area contributed by atoms with Gasteiger partial charge in [-0.05, 0) is 24.3 Å². The third kappa shape index (κ3) is 2.92. The molecule has 0 radical (unpaired) electrons. The van der Waals surface area contributed by atoms with E-state index in [2.05, 4.69) is 4.98 Å². The lowest BCUT2D eigenvalue weighted by molar-refractivity contribution is 0.1000. The summed E-state index contributed by atoms with van der Waals surface area (Å²) in [4.78, 5) is 17.4. The zero-order chi connectivity index (χ0) is 14.7. The molecule has 102 valence electrons. The maximum atomic E-state index is 11.0. The van der Waals surface area contributed by atoms with E-state index in [0.29, 0.717) is 16.4 Å². The summed E-state index contributed by atoms with van der Waals surface area (Å²) in [7, 11) is 1.87. The Morgan fingerprint density at radius 1 is 1.20 bits per heavy atom. The summed E-state index contributed by atoms with van der Waals surface area (Å²) < 4.78 is 0. The Bertz CT molecular complexity index is 654. The number of hydrogen-bond acceptors (Lipinski definition) is 4. The average Bonchev–Trinajstić information content (AvgIpc) is 2.46. The molecule has 1 aromatic carbocycles. The van der Waals surface area contributed by atoms with Crippen molar-refractivity contribution in [3.8, 4) is 0 Å². The summed E-state index contributed by atoms with van der Waals surface area (Å²) in [6, 6.07) is 10.9. The Balaban J connectivity index is 2.30. The third-order valence-corrected chi connectivity index (χ3v) is 3.13. The molecule has 0 saturated carbocycles. The highest BCUT2D eigenvalue weighted by Gasteiger charge is 2.08. The van der Waals surface area contributed by atoms with E-state index in [1.165, 1.54) is 6.20 Å². The van der Waals surface area contributed by atoms with Crippen molar-refractivity contribution in [3.05, 3.63) is 53.7 Å². The van der Waals surface area contributed by atoms with Gasteiger partial charge < -0.3 is 16.4 Å². The van der Waals surface area contributed by atoms with E-state index < -0.39 is 5.91 Å². The van der Waals surface area contributed by atoms with Crippen LogP contribution < -0.4 is 16.4 Å². The van der Waals surface area contributed by atoms with Crippen LogP contribution in [0.5, 0.6) is 0 Å². The van der Waals surface area contributed by atoms with Crippen LogP contribution in [0.15, 0.2) is 42.6 Å². The maximum absolute atomic E-state index is 11.0. The molecule has 2 rings (SSSR count). The number of amides is 1. The standard InChI is InChI=1S/C14H14N4OS/c1-18(11-4-2-3-9(7-11)14(16)20)12-6-5-10(8-17-12)13(15)19/h2-8H,1H3,(H2,15,19)(H2,16,20). The predicted molar refractivity (Wildman–Crippen MR) is 83.1 cm³/mol. The quantitative estimate of drug-likeness (QED) is 0.834. The van der Waals surface area contributed by atoms with Crippen molar-refractivity contribution in [1.82, 2.24) is 4.98 Å². The van der Waals surface area contributed by atoms with Gasteiger partial charge in [0.2, 0.25) is 5.91 Å². The molecule has 0 aliphatic heterocycles. The first kappa shape index (κ1) is 14.0. The van der Waals surface area contributed by atoms with E-state index >= 15 is 0 Å². The van der Waals surface area contributed by atoms with E-state index in [1.807, 2.05) is 36.2 Å². The van der Waals surface area contributed by atoms with Crippen LogP contribution in [0.3, 0.4) is 0 Å². The van der Waals surface area contributed by atoms with Crippen LogP contribution in [0, 0.1) is 0 Å². The molecule has 0 saturated heterocycles. The fourth-order valence-corrected chi connectivity index (χ4v) is 1.86. The van der Waals surface area contributed by atoms with E-state index in [-0.39, 0.29) is 0 Å². The number of benzene rings is 1. The highest BCUT2D eigenvalue weighted by Crippen LogP contribution is 2.22. The van der Waals surface area contributed by atoms with E-state index in [4.69, 9.17) is 23.7 Å². The van der Waals surface area contributed by atoms with Gasteiger partial charge in [0.25, 0.3) is 0 Å². The number of primary amides is 1. The molecule has 0 fully saturated rings. The Kier molecular flexibility index (Phi) is 3.95. The highest BCUT2D eigenvalue weighted by molar-refractivity contribution is 7.80. The molecular formula is C14H14N4OS. The molecule has 5 nitrogen and oxygen atoms in total. The molecule has 0 aliphatic carbocycles. The minimum Gasteiger partial charge on any atom is -0.389 e. The zero-order valence-corrected chi connectivity index (χ0v) is 11.7. The number of carbonyl (C=O) groups excluding carboxylic acids is 1. The normalized spacial score (nSPS) is 10.1. The Morgan fingerprint density at radius 3 is 2.50 bits per heavy atom. The fourth-order valence-electron chi connectivity index (χ4n) is 1.73. The number of pyridine rings is 1. The Morgan fingerprint density at radius 2 is 1.95 bits per heavy atom. The molecule has 0 spiro atoms. The van der Waals surface area contributed by atoms with Gasteiger partial charge in [0.1, 0.15) is 10.8 Å². The van der Waals surface area contributed by atoms with E-state index in [0.717, 1.165) is 11.3 Å². The number of nitrogens with zero attached hydrogens (tertiary/aromatic N) is 2. The molecule has 0 bridgehead atoms. The van der Waals surface area contributed by atoms with Gasteiger partial charge >= 0.3 is 0 Å². The van der Waals surface area contributed by atoms with Gasteiger partial charge in [0.05, 0.1) is 5.56 Å². The topological polar surface area (TPSA) is 85.2 Å². The zero-order valence-electron chi connectivity index (χ0n) is 10.9. The second-order valence-corrected chi connectivity index (χ2v) is 4.68. The van der Waals surface area contributed by atoms with E-state index in [1.54, 1.807) is 12.1 Å². The molecular weight excluding hydrogens is 272 g/mol. The molecule has 20 heavy (non-hydrogen) atoms. The van der Waals surface area contributed by atoms with Crippen molar-refractivity contribution in [2.45, 2.75) is 0 Å². The summed E-state index contributed by atoms with van der Waals surface area (Å²) in [6.07, 6.45) is 1.45. The van der Waals surface area contributed by atoms with Crippen molar-refractivity contribution in [2.24, 2.45) is 11.5 Å². The number of carbonyl (C=O) groups is 1. The van der Waals surface area contributed by atoms with Gasteiger partial charge in [-0.25, -0.2) is 4.98 Å². The SMILES string of the molecule is CN(c1cccc(C(N)=S)c1)c1ccc(C(N)=O)cn1. The van der Waals surface area contributed by atoms with Crippen LogP contribution in [0.4, 0.5) is 11.5 Å². The lowest BCUT2D eigenvalue weighted by Gasteiger charge is -2.19. The third-order valence-electron chi connectivity index (χ3n) is 2.89. The van der Waals surface area contributed by atoms with Crippen LogP contribution >= 0.6 is 12.2 Å². The average molecular weight is 286 g/mol. The molecule has 0 unspecified atom stereocenters.